The molecular formula is C26H24N2O4. The van der Waals surface area contributed by atoms with Crippen LogP contribution in [0.15, 0.2) is 72.8 Å². The van der Waals surface area contributed by atoms with E-state index in [1.54, 1.807) is 36.4 Å². The minimum Gasteiger partial charge on any atom is -0.497 e. The molecule has 2 fully saturated rings. The van der Waals surface area contributed by atoms with Crippen LogP contribution in [0.25, 0.3) is 0 Å². The van der Waals surface area contributed by atoms with Gasteiger partial charge in [-0.05, 0) is 49.2 Å². The van der Waals surface area contributed by atoms with Gasteiger partial charge in [0.25, 0.3) is 5.91 Å². The first kappa shape index (κ1) is 20.3. The van der Waals surface area contributed by atoms with Crippen LogP contribution in [-0.4, -0.2) is 25.0 Å². The van der Waals surface area contributed by atoms with Gasteiger partial charge in [0.1, 0.15) is 11.7 Å². The molecule has 3 aromatic carbocycles. The van der Waals surface area contributed by atoms with E-state index >= 15 is 0 Å². The minimum atomic E-state index is -0.889. The summed E-state index contributed by atoms with van der Waals surface area (Å²) in [5.74, 6) is -0.702. The number of carbonyl (C=O) groups is 2. The van der Waals surface area contributed by atoms with Crippen LogP contribution in [0.5, 0.6) is 5.75 Å². The second kappa shape index (κ2) is 7.80. The number of nitrogens with zero attached hydrogens (tertiary/aromatic N) is 2. The van der Waals surface area contributed by atoms with Crippen LogP contribution in [0.1, 0.15) is 22.7 Å². The smallest absolute Gasteiger partial charge is 0.266 e. The molecule has 3 unspecified atom stereocenters. The van der Waals surface area contributed by atoms with Gasteiger partial charge >= 0.3 is 0 Å². The average Bonchev–Trinajstić information content (AvgIpc) is 3.30. The van der Waals surface area contributed by atoms with Crippen molar-refractivity contribution < 1.29 is 19.2 Å². The molecule has 6 heteroatoms. The molecule has 0 spiro atoms. The van der Waals surface area contributed by atoms with Gasteiger partial charge in [0, 0.05) is 6.07 Å². The highest BCUT2D eigenvalue weighted by atomic mass is 16.7. The van der Waals surface area contributed by atoms with E-state index in [9.17, 15) is 9.59 Å². The Morgan fingerprint density at radius 2 is 1.59 bits per heavy atom. The van der Waals surface area contributed by atoms with E-state index in [4.69, 9.17) is 9.57 Å². The van der Waals surface area contributed by atoms with Crippen LogP contribution < -0.4 is 14.7 Å². The Morgan fingerprint density at radius 1 is 0.844 bits per heavy atom. The summed E-state index contributed by atoms with van der Waals surface area (Å²) < 4.78 is 5.28. The van der Waals surface area contributed by atoms with Crippen molar-refractivity contribution in [2.75, 3.05) is 17.1 Å². The summed E-state index contributed by atoms with van der Waals surface area (Å²) in [6.07, 6.45) is -0.889. The Kier molecular flexibility index (Phi) is 4.94. The standard InChI is InChI=1S/C26H24N2O4/c1-16-12-13-21(17(2)14-16)23-22-24(32-28(23)18-8-5-4-6-9-18)26(30)27(25(22)29)19-10-7-11-20(15-19)31-3/h4-15,22-24H,1-3H3. The third-order valence-electron chi connectivity index (χ3n) is 6.18. The predicted octanol–water partition coefficient (Wildman–Crippen LogP) is 4.36. The number of ether oxygens (including phenoxy) is 1. The normalized spacial score (nSPS) is 22.4. The first-order valence-electron chi connectivity index (χ1n) is 10.6. The summed E-state index contributed by atoms with van der Waals surface area (Å²) in [7, 11) is 1.55. The molecule has 3 aromatic rings. The van der Waals surface area contributed by atoms with Crippen LogP contribution >= 0.6 is 0 Å². The quantitative estimate of drug-likeness (QED) is 0.578. The van der Waals surface area contributed by atoms with Crippen molar-refractivity contribution in [2.24, 2.45) is 5.92 Å². The van der Waals surface area contributed by atoms with Crippen molar-refractivity contribution in [2.45, 2.75) is 26.0 Å². The molecule has 0 aromatic heterocycles. The summed E-state index contributed by atoms with van der Waals surface area (Å²) in [4.78, 5) is 34.5. The molecule has 2 amide bonds. The highest BCUT2D eigenvalue weighted by molar-refractivity contribution is 6.24. The van der Waals surface area contributed by atoms with E-state index in [2.05, 4.69) is 6.07 Å². The van der Waals surface area contributed by atoms with Crippen molar-refractivity contribution >= 4 is 23.2 Å². The number of benzene rings is 3. The van der Waals surface area contributed by atoms with Crippen molar-refractivity contribution in [1.82, 2.24) is 0 Å². The number of fused-ring (bicyclic) bond motifs is 1. The Balaban J connectivity index is 1.60. The Morgan fingerprint density at radius 3 is 2.31 bits per heavy atom. The Bertz CT molecular complexity index is 1190. The molecule has 5 rings (SSSR count). The fraction of sp³-hybridized carbons (Fsp3) is 0.231. The maximum absolute atomic E-state index is 13.7. The third kappa shape index (κ3) is 3.15. The lowest BCUT2D eigenvalue weighted by molar-refractivity contribution is -0.126. The fourth-order valence-corrected chi connectivity index (χ4v) is 4.69. The molecule has 2 heterocycles. The van der Waals surface area contributed by atoms with Gasteiger partial charge in [0.05, 0.1) is 24.5 Å². The van der Waals surface area contributed by atoms with Crippen LogP contribution in [0, 0.1) is 19.8 Å². The second-order valence-corrected chi connectivity index (χ2v) is 8.23. The maximum Gasteiger partial charge on any atom is 0.266 e. The minimum absolute atomic E-state index is 0.267. The van der Waals surface area contributed by atoms with Crippen molar-refractivity contribution in [3.63, 3.8) is 0 Å². The van der Waals surface area contributed by atoms with Crippen molar-refractivity contribution in [1.29, 1.82) is 0 Å². The van der Waals surface area contributed by atoms with E-state index in [-0.39, 0.29) is 11.8 Å². The highest BCUT2D eigenvalue weighted by Crippen LogP contribution is 2.48. The number of methoxy groups -OCH3 is 1. The highest BCUT2D eigenvalue weighted by Gasteiger charge is 2.60. The van der Waals surface area contributed by atoms with Gasteiger partial charge in [-0.3, -0.25) is 14.4 Å². The molecule has 0 saturated carbocycles. The lowest BCUT2D eigenvalue weighted by atomic mass is 9.87. The number of para-hydroxylation sites is 1. The van der Waals surface area contributed by atoms with Crippen molar-refractivity contribution in [3.05, 3.63) is 89.5 Å². The molecule has 0 N–H and O–H groups in total. The van der Waals surface area contributed by atoms with E-state index in [0.717, 1.165) is 22.4 Å². The first-order valence-corrected chi connectivity index (χ1v) is 10.6. The van der Waals surface area contributed by atoms with Crippen molar-refractivity contribution in [3.8, 4) is 5.75 Å². The summed E-state index contributed by atoms with van der Waals surface area (Å²) in [6.45, 7) is 4.06. The SMILES string of the molecule is COc1cccc(N2C(=O)C3ON(c4ccccc4)C(c4ccc(C)cc4C)C3C2=O)c1. The van der Waals surface area contributed by atoms with Gasteiger partial charge in [0.2, 0.25) is 5.91 Å². The molecule has 2 aliphatic heterocycles. The van der Waals surface area contributed by atoms with Gasteiger partial charge in [-0.2, -0.15) is 0 Å². The molecule has 0 radical (unpaired) electrons. The van der Waals surface area contributed by atoms with E-state index in [1.165, 1.54) is 4.90 Å². The summed E-state index contributed by atoms with van der Waals surface area (Å²) >= 11 is 0. The zero-order chi connectivity index (χ0) is 22.4. The lowest BCUT2D eigenvalue weighted by Crippen LogP contribution is -2.37. The Hall–Kier alpha value is -3.64. The van der Waals surface area contributed by atoms with Gasteiger partial charge in [0.15, 0.2) is 6.10 Å². The van der Waals surface area contributed by atoms with Gasteiger partial charge in [-0.1, -0.05) is 48.0 Å². The van der Waals surface area contributed by atoms with E-state index in [1.807, 2.05) is 56.3 Å². The molecule has 162 valence electrons. The van der Waals surface area contributed by atoms with Crippen LogP contribution in [-0.2, 0) is 14.4 Å². The average molecular weight is 428 g/mol. The van der Waals surface area contributed by atoms with E-state index < -0.39 is 18.1 Å². The molecule has 2 saturated heterocycles. The van der Waals surface area contributed by atoms with Gasteiger partial charge in [-0.15, -0.1) is 0 Å². The first-order chi connectivity index (χ1) is 15.5. The maximum atomic E-state index is 13.7. The number of hydrogen-bond donors (Lipinski definition) is 0. The van der Waals surface area contributed by atoms with Gasteiger partial charge in [-0.25, -0.2) is 9.96 Å². The van der Waals surface area contributed by atoms with Crippen LogP contribution in [0.4, 0.5) is 11.4 Å². The topological polar surface area (TPSA) is 59.1 Å². The number of carbonyl (C=O) groups excluding carboxylic acids is 2. The van der Waals surface area contributed by atoms with Crippen LogP contribution in [0.2, 0.25) is 0 Å². The molecule has 0 aliphatic carbocycles. The monoisotopic (exact) mass is 428 g/mol. The molecule has 2 aliphatic rings. The number of aryl methyl sites for hydroxylation is 2. The molecular weight excluding hydrogens is 404 g/mol. The number of amides is 2. The largest absolute Gasteiger partial charge is 0.497 e. The lowest BCUT2D eigenvalue weighted by Gasteiger charge is -2.29. The number of hydroxylamine groups is 1. The zero-order valence-corrected chi connectivity index (χ0v) is 18.2. The number of anilines is 2. The van der Waals surface area contributed by atoms with E-state index in [0.29, 0.717) is 11.4 Å². The van der Waals surface area contributed by atoms with Gasteiger partial charge < -0.3 is 4.74 Å². The zero-order valence-electron chi connectivity index (χ0n) is 18.2. The molecule has 0 bridgehead atoms. The summed E-state index contributed by atoms with van der Waals surface area (Å²) in [6, 6.07) is 22.3. The molecule has 3 atom stereocenters. The number of rotatable bonds is 4. The second-order valence-electron chi connectivity index (χ2n) is 8.23. The third-order valence-corrected chi connectivity index (χ3v) is 6.18. The Labute approximate surface area is 186 Å². The summed E-state index contributed by atoms with van der Waals surface area (Å²) in [5, 5.41) is 1.73. The number of hydrogen-bond acceptors (Lipinski definition) is 5. The van der Waals surface area contributed by atoms with Crippen LogP contribution in [0.3, 0.4) is 0 Å². The molecule has 6 nitrogen and oxygen atoms in total. The fourth-order valence-electron chi connectivity index (χ4n) is 4.69. The molecule has 32 heavy (non-hydrogen) atoms. The predicted molar refractivity (Wildman–Crippen MR) is 121 cm³/mol. The number of imide groups is 1. The summed E-state index contributed by atoms with van der Waals surface area (Å²) in [5.41, 5.74) is 4.46.